The van der Waals surface area contributed by atoms with Crippen molar-refractivity contribution in [3.63, 3.8) is 0 Å². The van der Waals surface area contributed by atoms with Crippen LogP contribution in [-0.2, 0) is 16.6 Å². The van der Waals surface area contributed by atoms with Gasteiger partial charge < -0.3 is 25.7 Å². The SMILES string of the molecule is CNS(=O)(=O)c1cc(C(=O)N=C(N)N)ccc1C(C)N1CCN(Cc2ccc(OC)c(OC)c2OC)CC1. The highest BCUT2D eigenvalue weighted by atomic mass is 32.2. The molecule has 12 nitrogen and oxygen atoms in total. The van der Waals surface area contributed by atoms with Crippen molar-refractivity contribution in [1.29, 1.82) is 0 Å². The topological polar surface area (TPSA) is 162 Å². The van der Waals surface area contributed by atoms with Gasteiger partial charge in [0.05, 0.1) is 26.2 Å². The minimum atomic E-state index is -3.85. The van der Waals surface area contributed by atoms with Gasteiger partial charge in [-0.05, 0) is 37.7 Å². The van der Waals surface area contributed by atoms with Gasteiger partial charge in [-0.3, -0.25) is 14.6 Å². The van der Waals surface area contributed by atoms with E-state index in [1.54, 1.807) is 27.4 Å². The second kappa shape index (κ2) is 12.4. The number of nitrogens with one attached hydrogen (secondary N) is 1. The van der Waals surface area contributed by atoms with Gasteiger partial charge in [0.2, 0.25) is 15.8 Å². The highest BCUT2D eigenvalue weighted by molar-refractivity contribution is 7.89. The zero-order valence-electron chi connectivity index (χ0n) is 22.4. The smallest absolute Gasteiger partial charge is 0.280 e. The van der Waals surface area contributed by atoms with E-state index in [-0.39, 0.29) is 16.5 Å². The lowest BCUT2D eigenvalue weighted by molar-refractivity contribution is 0.0961. The molecule has 5 N–H and O–H groups in total. The van der Waals surface area contributed by atoms with Gasteiger partial charge in [-0.25, -0.2) is 13.1 Å². The second-order valence-electron chi connectivity index (χ2n) is 8.78. The van der Waals surface area contributed by atoms with Crippen LogP contribution >= 0.6 is 0 Å². The summed E-state index contributed by atoms with van der Waals surface area (Å²) >= 11 is 0. The number of sulfonamides is 1. The van der Waals surface area contributed by atoms with E-state index < -0.39 is 21.9 Å². The first-order valence-electron chi connectivity index (χ1n) is 12.0. The van der Waals surface area contributed by atoms with Crippen molar-refractivity contribution >= 4 is 21.9 Å². The van der Waals surface area contributed by atoms with Crippen LogP contribution in [0.3, 0.4) is 0 Å². The number of nitrogens with two attached hydrogens (primary N) is 2. The standard InChI is InChI=1S/C25H36N6O6S/c1-16(19-8-6-17(24(32)29-25(26)27)14-21(19)38(33,34)28-2)31-12-10-30(11-13-31)15-18-7-9-20(35-3)23(37-5)22(18)36-4/h6-9,14,16,28H,10-13,15H2,1-5H3,(H4,26,27,29,32). The van der Waals surface area contributed by atoms with Gasteiger partial charge in [-0.2, -0.15) is 4.99 Å². The molecule has 208 valence electrons. The summed E-state index contributed by atoms with van der Waals surface area (Å²) in [6.45, 7) is 5.56. The van der Waals surface area contributed by atoms with E-state index in [0.29, 0.717) is 42.4 Å². The fourth-order valence-electron chi connectivity index (χ4n) is 4.57. The number of carbonyl (C=O) groups excluding carboxylic acids is 1. The Balaban J connectivity index is 1.79. The number of benzene rings is 2. The van der Waals surface area contributed by atoms with Crippen LogP contribution < -0.4 is 30.4 Å². The van der Waals surface area contributed by atoms with Crippen molar-refractivity contribution < 1.29 is 27.4 Å². The first kappa shape index (κ1) is 29.2. The Morgan fingerprint density at radius 3 is 2.24 bits per heavy atom. The monoisotopic (exact) mass is 548 g/mol. The molecule has 0 spiro atoms. The third kappa shape index (κ3) is 6.35. The molecule has 0 aromatic heterocycles. The lowest BCUT2D eigenvalue weighted by atomic mass is 10.0. The minimum Gasteiger partial charge on any atom is -0.493 e. The first-order chi connectivity index (χ1) is 18.1. The predicted octanol–water partition coefficient (Wildman–Crippen LogP) is 0.913. The number of piperazine rings is 1. The summed E-state index contributed by atoms with van der Waals surface area (Å²) in [4.78, 5) is 20.4. The Labute approximate surface area is 223 Å². The van der Waals surface area contributed by atoms with Crippen molar-refractivity contribution in [2.24, 2.45) is 16.5 Å². The molecule has 1 fully saturated rings. The number of hydrogen-bond donors (Lipinski definition) is 3. The van der Waals surface area contributed by atoms with Crippen LogP contribution in [0.4, 0.5) is 0 Å². The molecular formula is C25H36N6O6S. The Kier molecular flexibility index (Phi) is 9.55. The lowest BCUT2D eigenvalue weighted by Gasteiger charge is -2.38. The molecule has 3 rings (SSSR count). The van der Waals surface area contributed by atoms with E-state index in [9.17, 15) is 13.2 Å². The third-order valence-electron chi connectivity index (χ3n) is 6.63. The summed E-state index contributed by atoms with van der Waals surface area (Å²) in [5, 5.41) is 0. The van der Waals surface area contributed by atoms with Gasteiger partial charge >= 0.3 is 0 Å². The van der Waals surface area contributed by atoms with Crippen molar-refractivity contribution in [3.8, 4) is 17.2 Å². The molecule has 0 bridgehead atoms. The lowest BCUT2D eigenvalue weighted by Crippen LogP contribution is -2.46. The number of guanidine groups is 1. The molecule has 0 saturated carbocycles. The van der Waals surface area contributed by atoms with Gasteiger partial charge in [-0.15, -0.1) is 0 Å². The summed E-state index contributed by atoms with van der Waals surface area (Å²) in [5.74, 6) is 0.690. The number of methoxy groups -OCH3 is 3. The third-order valence-corrected chi connectivity index (χ3v) is 8.10. The zero-order chi connectivity index (χ0) is 28.0. The molecule has 2 aromatic carbocycles. The Hall–Kier alpha value is -3.39. The van der Waals surface area contributed by atoms with E-state index in [1.807, 2.05) is 19.1 Å². The van der Waals surface area contributed by atoms with Crippen molar-refractivity contribution in [1.82, 2.24) is 14.5 Å². The minimum absolute atomic E-state index is 0.0154. The Morgan fingerprint density at radius 1 is 1.03 bits per heavy atom. The number of amides is 1. The van der Waals surface area contributed by atoms with Crippen LogP contribution in [0.15, 0.2) is 40.2 Å². The number of ether oxygens (including phenoxy) is 3. The normalized spacial score (nSPS) is 15.5. The summed E-state index contributed by atoms with van der Waals surface area (Å²) in [5.41, 5.74) is 12.3. The highest BCUT2D eigenvalue weighted by Crippen LogP contribution is 2.40. The van der Waals surface area contributed by atoms with Gasteiger partial charge in [0.25, 0.3) is 5.91 Å². The molecule has 1 amide bonds. The number of rotatable bonds is 10. The summed E-state index contributed by atoms with van der Waals surface area (Å²) in [6.07, 6.45) is 0. The largest absolute Gasteiger partial charge is 0.493 e. The number of nitrogens with zero attached hydrogens (tertiary/aromatic N) is 3. The Bertz CT molecular complexity index is 1290. The van der Waals surface area contributed by atoms with Gasteiger partial charge in [0, 0.05) is 49.9 Å². The van der Waals surface area contributed by atoms with Crippen molar-refractivity contribution in [3.05, 3.63) is 47.0 Å². The van der Waals surface area contributed by atoms with E-state index in [2.05, 4.69) is 19.5 Å². The van der Waals surface area contributed by atoms with Gasteiger partial charge in [0.15, 0.2) is 17.5 Å². The summed E-state index contributed by atoms with van der Waals surface area (Å²) in [7, 11) is 2.24. The molecule has 13 heteroatoms. The summed E-state index contributed by atoms with van der Waals surface area (Å²) < 4.78 is 44.6. The molecule has 38 heavy (non-hydrogen) atoms. The van der Waals surface area contributed by atoms with Crippen LogP contribution in [0.5, 0.6) is 17.2 Å². The average molecular weight is 549 g/mol. The van der Waals surface area contributed by atoms with Crippen LogP contribution in [-0.4, -0.2) is 84.6 Å². The second-order valence-corrected chi connectivity index (χ2v) is 10.6. The number of hydrogen-bond acceptors (Lipinski definition) is 8. The van der Waals surface area contributed by atoms with E-state index in [4.69, 9.17) is 25.7 Å². The van der Waals surface area contributed by atoms with Crippen LogP contribution in [0.2, 0.25) is 0 Å². The molecule has 1 saturated heterocycles. The highest BCUT2D eigenvalue weighted by Gasteiger charge is 2.28. The maximum Gasteiger partial charge on any atom is 0.280 e. The van der Waals surface area contributed by atoms with Gasteiger partial charge in [0.1, 0.15) is 0 Å². The fraction of sp³-hybridized carbons (Fsp3) is 0.440. The molecule has 1 aliphatic heterocycles. The fourth-order valence-corrected chi connectivity index (χ4v) is 5.62. The van der Waals surface area contributed by atoms with Gasteiger partial charge in [-0.1, -0.05) is 12.1 Å². The maximum atomic E-state index is 12.9. The molecule has 2 aromatic rings. The summed E-state index contributed by atoms with van der Waals surface area (Å²) in [6, 6.07) is 8.10. The Morgan fingerprint density at radius 2 is 1.68 bits per heavy atom. The van der Waals surface area contributed by atoms with Crippen molar-refractivity contribution in [2.75, 3.05) is 54.6 Å². The molecule has 1 heterocycles. The first-order valence-corrected chi connectivity index (χ1v) is 13.5. The molecule has 0 radical (unpaired) electrons. The molecule has 1 atom stereocenters. The quantitative estimate of drug-likeness (QED) is 0.287. The van der Waals surface area contributed by atoms with E-state index in [1.165, 1.54) is 19.2 Å². The molecule has 1 unspecified atom stereocenters. The van der Waals surface area contributed by atoms with E-state index in [0.717, 1.165) is 18.7 Å². The van der Waals surface area contributed by atoms with Crippen LogP contribution in [0, 0.1) is 0 Å². The molecule has 1 aliphatic rings. The molecular weight excluding hydrogens is 512 g/mol. The maximum absolute atomic E-state index is 12.9. The molecule has 0 aliphatic carbocycles. The van der Waals surface area contributed by atoms with Crippen LogP contribution in [0.1, 0.15) is 34.5 Å². The van der Waals surface area contributed by atoms with E-state index >= 15 is 0 Å². The van der Waals surface area contributed by atoms with Crippen molar-refractivity contribution in [2.45, 2.75) is 24.4 Å². The predicted molar refractivity (Wildman–Crippen MR) is 144 cm³/mol. The zero-order valence-corrected chi connectivity index (χ0v) is 23.2. The van der Waals surface area contributed by atoms with Crippen LogP contribution in [0.25, 0.3) is 0 Å². The average Bonchev–Trinajstić information content (AvgIpc) is 2.91. The number of carbonyl (C=O) groups is 1. The number of aliphatic imine (C=N–C) groups is 1.